The molecular weight excluding hydrogens is 172 g/mol. The van der Waals surface area contributed by atoms with Crippen molar-refractivity contribution in [2.75, 3.05) is 0 Å². The molecule has 5 heavy (non-hydrogen) atoms. The largest absolute Gasteiger partial charge is 0.321 e. The summed E-state index contributed by atoms with van der Waals surface area (Å²) < 4.78 is 24.0. The summed E-state index contributed by atoms with van der Waals surface area (Å²) in [4.78, 5) is 0. The van der Waals surface area contributed by atoms with Crippen LogP contribution in [0.25, 0.3) is 0 Å². The molecule has 0 spiro atoms. The van der Waals surface area contributed by atoms with E-state index in [-0.39, 0.29) is 32.7 Å². The zero-order chi connectivity index (χ0) is 3.58. The first-order valence-corrected chi connectivity index (χ1v) is 1.43. The third-order valence-electron chi connectivity index (χ3n) is 0. The Labute approximate surface area is 57.3 Å². The number of halogens is 1. The summed E-state index contributed by atoms with van der Waals surface area (Å²) in [7, 11) is -2.60. The third-order valence-corrected chi connectivity index (χ3v) is 0. The first-order chi connectivity index (χ1) is 1.73. The van der Waals surface area contributed by atoms with Crippen LogP contribution in [0.4, 0.5) is 0 Å². The van der Waals surface area contributed by atoms with Crippen LogP contribution in [0.2, 0.25) is 0 Å². The molecule has 0 unspecified atom stereocenters. The monoisotopic (exact) mass is 173 g/mol. The fraction of sp³-hybridized carbons (Fsp3) is 0. The van der Waals surface area contributed by atoms with E-state index in [1.54, 1.807) is 0 Å². The van der Waals surface area contributed by atoms with Gasteiger partial charge in [0.15, 0.2) is 0 Å². The number of hydrogen-bond donors (Lipinski definition) is 1. The maximum absolute atomic E-state index is 8.52. The van der Waals surface area contributed by atoms with Gasteiger partial charge in [-0.1, -0.05) is 0 Å². The Morgan fingerprint density at radius 2 is 1.40 bits per heavy atom. The van der Waals surface area contributed by atoms with Crippen molar-refractivity contribution in [3.05, 3.63) is 0 Å². The average Bonchev–Trinajstić information content (AvgIpc) is 0.811. The summed E-state index contributed by atoms with van der Waals surface area (Å²) in [5, 5.41) is 0. The molecule has 1 radical (unpaired) electrons. The van der Waals surface area contributed by atoms with Crippen LogP contribution in [0, 0.1) is 10.8 Å². The Hall–Kier alpha value is 1.27. The molecule has 0 aliphatic carbocycles. The first kappa shape index (κ1) is 9.55. The molecule has 0 aliphatic heterocycles. The normalized spacial score (nSPS) is 7.20. The van der Waals surface area contributed by atoms with Gasteiger partial charge in [-0.05, 0) is 0 Å². The molecule has 29 valence electrons. The number of hydrogen-bond acceptors (Lipinski definition) is 3. The van der Waals surface area contributed by atoms with Crippen LogP contribution in [0.5, 0.6) is 0 Å². The van der Waals surface area contributed by atoms with Crippen molar-refractivity contribution in [3.63, 3.8) is 0 Å². The topological polar surface area (TPSA) is 66.3 Å². The third kappa shape index (κ3) is 34.8. The molecule has 0 bridgehead atoms. The Bertz CT molecular complexity index is 11.6. The van der Waals surface area contributed by atoms with Crippen molar-refractivity contribution in [2.24, 2.45) is 0 Å². The van der Waals surface area contributed by atoms with Gasteiger partial charge in [-0.15, -0.1) is 0 Å². The molecule has 0 fully saturated rings. The predicted octanol–water partition coefficient (Wildman–Crippen LogP) is -2.94. The van der Waals surface area contributed by atoms with E-state index in [1.165, 1.54) is 0 Å². The van der Waals surface area contributed by atoms with E-state index < -0.39 is 10.8 Å². The standard InChI is InChI=1S/ClHO3.Y/c2-1(3)4;/h2H;. The second-order valence-corrected chi connectivity index (χ2v) is 0.603. The van der Waals surface area contributed by atoms with Crippen molar-refractivity contribution in [1.82, 2.24) is 0 Å². The maximum atomic E-state index is 8.52. The van der Waals surface area contributed by atoms with E-state index in [1.807, 2.05) is 0 Å². The average molecular weight is 173 g/mol. The summed E-state index contributed by atoms with van der Waals surface area (Å²) >= 11 is 0. The minimum absolute atomic E-state index is 0. The summed E-state index contributed by atoms with van der Waals surface area (Å²) in [5.74, 6) is 0. The Kier molecular flexibility index (Phi) is 10.1. The van der Waals surface area contributed by atoms with E-state index in [0.717, 1.165) is 0 Å². The molecular formula is HClO3Y. The number of rotatable bonds is 0. The van der Waals surface area contributed by atoms with Gasteiger partial charge in [0.1, 0.15) is 0 Å². The Morgan fingerprint density at radius 1 is 1.40 bits per heavy atom. The zero-order valence-corrected chi connectivity index (χ0v) is 5.81. The minimum atomic E-state index is -2.60. The van der Waals surface area contributed by atoms with Gasteiger partial charge in [0, 0.05) is 37.4 Å². The van der Waals surface area contributed by atoms with Gasteiger partial charge in [0.2, 0.25) is 0 Å². The molecule has 0 amide bonds. The fourth-order valence-electron chi connectivity index (χ4n) is 0. The van der Waals surface area contributed by atoms with Gasteiger partial charge < -0.3 is 9.32 Å². The molecule has 0 aliphatic rings. The molecule has 1 N–H and O–H groups in total. The quantitative estimate of drug-likeness (QED) is 0.426. The molecule has 0 atom stereocenters. The van der Waals surface area contributed by atoms with Gasteiger partial charge in [-0.2, -0.15) is 0 Å². The van der Waals surface area contributed by atoms with Crippen LogP contribution in [0.1, 0.15) is 0 Å². The SMILES string of the molecule is [O-][Cl+2]([O-])O.[Y]. The first-order valence-electron chi connectivity index (χ1n) is 0.478. The fourth-order valence-corrected chi connectivity index (χ4v) is 0. The van der Waals surface area contributed by atoms with E-state index >= 15 is 0 Å². The van der Waals surface area contributed by atoms with Crippen LogP contribution in [-0.2, 0) is 32.7 Å². The van der Waals surface area contributed by atoms with Crippen molar-refractivity contribution >= 4 is 0 Å². The Balaban J connectivity index is 0. The molecule has 0 saturated heterocycles. The molecule has 3 nitrogen and oxygen atoms in total. The molecule has 0 saturated carbocycles. The summed E-state index contributed by atoms with van der Waals surface area (Å²) in [5.41, 5.74) is 0. The van der Waals surface area contributed by atoms with Crippen molar-refractivity contribution in [2.45, 2.75) is 0 Å². The molecule has 0 aromatic carbocycles. The predicted molar refractivity (Wildman–Crippen MR) is 2.22 cm³/mol. The minimum Gasteiger partial charge on any atom is -0.321 e. The van der Waals surface area contributed by atoms with Gasteiger partial charge in [-0.25, -0.2) is 0 Å². The van der Waals surface area contributed by atoms with Gasteiger partial charge in [-0.3, -0.25) is 0 Å². The second-order valence-electron chi connectivity index (χ2n) is 0.201. The molecule has 0 rings (SSSR count). The van der Waals surface area contributed by atoms with Crippen LogP contribution < -0.4 is 9.32 Å². The van der Waals surface area contributed by atoms with Crippen LogP contribution in [-0.4, -0.2) is 4.66 Å². The summed E-state index contributed by atoms with van der Waals surface area (Å²) in [6, 6.07) is 0. The van der Waals surface area contributed by atoms with Gasteiger partial charge in [0.25, 0.3) is 10.8 Å². The van der Waals surface area contributed by atoms with Crippen LogP contribution >= 0.6 is 0 Å². The van der Waals surface area contributed by atoms with Crippen molar-refractivity contribution in [3.8, 4) is 0 Å². The van der Waals surface area contributed by atoms with Crippen molar-refractivity contribution < 1.29 is 57.5 Å². The summed E-state index contributed by atoms with van der Waals surface area (Å²) in [6.07, 6.45) is 0. The van der Waals surface area contributed by atoms with Crippen molar-refractivity contribution in [1.29, 1.82) is 0 Å². The molecule has 5 heteroatoms. The van der Waals surface area contributed by atoms with Crippen LogP contribution in [0.15, 0.2) is 0 Å². The van der Waals surface area contributed by atoms with Crippen LogP contribution in [0.3, 0.4) is 0 Å². The molecule has 0 aromatic rings. The molecule has 0 aromatic heterocycles. The summed E-state index contributed by atoms with van der Waals surface area (Å²) in [6.45, 7) is 0. The Morgan fingerprint density at radius 3 is 1.40 bits per heavy atom. The van der Waals surface area contributed by atoms with E-state index in [4.69, 9.17) is 14.0 Å². The van der Waals surface area contributed by atoms with E-state index in [9.17, 15) is 0 Å². The van der Waals surface area contributed by atoms with Gasteiger partial charge in [0.05, 0.1) is 0 Å². The zero-order valence-electron chi connectivity index (χ0n) is 2.22. The molecule has 0 heterocycles. The van der Waals surface area contributed by atoms with E-state index in [2.05, 4.69) is 0 Å². The van der Waals surface area contributed by atoms with Gasteiger partial charge >= 0.3 is 0 Å². The second kappa shape index (κ2) is 5.27. The maximum Gasteiger partial charge on any atom is 0.282 e. The van der Waals surface area contributed by atoms with E-state index in [0.29, 0.717) is 0 Å². The smallest absolute Gasteiger partial charge is 0.282 e.